The van der Waals surface area contributed by atoms with Crippen LogP contribution in [-0.4, -0.2) is 23.4 Å². The number of hydrogen-bond donors (Lipinski definition) is 2. The third-order valence-corrected chi connectivity index (χ3v) is 3.23. The lowest BCUT2D eigenvalue weighted by Gasteiger charge is -2.30. The lowest BCUT2D eigenvalue weighted by molar-refractivity contribution is 0.589. The van der Waals surface area contributed by atoms with E-state index in [0.717, 1.165) is 30.8 Å². The molecule has 1 rings (SSSR count). The fourth-order valence-corrected chi connectivity index (χ4v) is 1.85. The van der Waals surface area contributed by atoms with E-state index in [1.807, 2.05) is 6.07 Å². The summed E-state index contributed by atoms with van der Waals surface area (Å²) in [7, 11) is 0. The van der Waals surface area contributed by atoms with Gasteiger partial charge in [-0.3, -0.25) is 5.41 Å². The Labute approximate surface area is 110 Å². The van der Waals surface area contributed by atoms with Crippen LogP contribution in [0, 0.1) is 5.41 Å². The minimum Gasteiger partial charge on any atom is -0.384 e. The van der Waals surface area contributed by atoms with Gasteiger partial charge in [-0.1, -0.05) is 20.3 Å². The van der Waals surface area contributed by atoms with Crippen molar-refractivity contribution in [3.63, 3.8) is 0 Å². The minimum absolute atomic E-state index is 0.0956. The summed E-state index contributed by atoms with van der Waals surface area (Å²) >= 11 is 0. The molecule has 3 N–H and O–H groups in total. The Morgan fingerprint density at radius 3 is 2.78 bits per heavy atom. The standard InChI is InChI=1S/C14H24N4/c1-4-6-9-18(11(3)5-2)13-10-12(14(15)16)7-8-17-13/h7-8,10-11H,4-6,9H2,1-3H3,(H3,15,16). The highest BCUT2D eigenvalue weighted by Gasteiger charge is 2.14. The molecule has 1 unspecified atom stereocenters. The second kappa shape index (κ2) is 6.99. The zero-order valence-corrected chi connectivity index (χ0v) is 11.6. The van der Waals surface area contributed by atoms with Gasteiger partial charge >= 0.3 is 0 Å². The van der Waals surface area contributed by atoms with Gasteiger partial charge in [0.1, 0.15) is 11.7 Å². The molecule has 0 saturated heterocycles. The van der Waals surface area contributed by atoms with E-state index in [9.17, 15) is 0 Å². The summed E-state index contributed by atoms with van der Waals surface area (Å²) in [5.74, 6) is 1.02. The fourth-order valence-electron chi connectivity index (χ4n) is 1.85. The zero-order chi connectivity index (χ0) is 13.5. The molecule has 0 amide bonds. The molecule has 0 spiro atoms. The van der Waals surface area contributed by atoms with Crippen molar-refractivity contribution in [2.75, 3.05) is 11.4 Å². The number of hydrogen-bond acceptors (Lipinski definition) is 3. The van der Waals surface area contributed by atoms with Crippen LogP contribution in [-0.2, 0) is 0 Å². The first kappa shape index (κ1) is 14.5. The van der Waals surface area contributed by atoms with Gasteiger partial charge in [0.05, 0.1) is 0 Å². The van der Waals surface area contributed by atoms with Crippen molar-refractivity contribution in [1.29, 1.82) is 5.41 Å². The number of rotatable bonds is 7. The number of anilines is 1. The number of nitrogen functional groups attached to an aromatic ring is 1. The molecule has 1 heterocycles. The van der Waals surface area contributed by atoms with Gasteiger partial charge in [-0.05, 0) is 31.9 Å². The van der Waals surface area contributed by atoms with E-state index < -0.39 is 0 Å². The van der Waals surface area contributed by atoms with Gasteiger partial charge in [-0.15, -0.1) is 0 Å². The van der Waals surface area contributed by atoms with Crippen molar-refractivity contribution in [1.82, 2.24) is 4.98 Å². The maximum absolute atomic E-state index is 7.49. The van der Waals surface area contributed by atoms with Crippen LogP contribution in [0.3, 0.4) is 0 Å². The van der Waals surface area contributed by atoms with E-state index in [2.05, 4.69) is 30.7 Å². The van der Waals surface area contributed by atoms with Crippen LogP contribution in [0.25, 0.3) is 0 Å². The number of nitrogens with zero attached hydrogens (tertiary/aromatic N) is 2. The molecule has 0 bridgehead atoms. The van der Waals surface area contributed by atoms with Crippen LogP contribution < -0.4 is 10.6 Å². The number of nitrogens with one attached hydrogen (secondary N) is 1. The molecule has 0 aliphatic carbocycles. The third kappa shape index (κ3) is 3.72. The highest BCUT2D eigenvalue weighted by molar-refractivity contribution is 5.95. The summed E-state index contributed by atoms with van der Waals surface area (Å²) in [5.41, 5.74) is 6.27. The molecule has 4 heteroatoms. The van der Waals surface area contributed by atoms with E-state index in [1.54, 1.807) is 12.3 Å². The Morgan fingerprint density at radius 1 is 1.50 bits per heavy atom. The zero-order valence-electron chi connectivity index (χ0n) is 11.6. The quantitative estimate of drug-likeness (QED) is 0.576. The van der Waals surface area contributed by atoms with Crippen molar-refractivity contribution in [3.8, 4) is 0 Å². The van der Waals surface area contributed by atoms with E-state index in [4.69, 9.17) is 11.1 Å². The van der Waals surface area contributed by atoms with Gasteiger partial charge in [0.25, 0.3) is 0 Å². The predicted octanol–water partition coefficient (Wildman–Crippen LogP) is 2.77. The van der Waals surface area contributed by atoms with Gasteiger partial charge < -0.3 is 10.6 Å². The van der Waals surface area contributed by atoms with Crippen molar-refractivity contribution in [3.05, 3.63) is 23.9 Å². The highest BCUT2D eigenvalue weighted by atomic mass is 15.2. The average Bonchev–Trinajstić information content (AvgIpc) is 2.39. The molecule has 0 aliphatic heterocycles. The second-order valence-corrected chi connectivity index (χ2v) is 4.62. The summed E-state index contributed by atoms with van der Waals surface area (Å²) < 4.78 is 0. The molecule has 1 aromatic rings. The lowest BCUT2D eigenvalue weighted by atomic mass is 10.1. The van der Waals surface area contributed by atoms with E-state index in [0.29, 0.717) is 6.04 Å². The number of aromatic nitrogens is 1. The largest absolute Gasteiger partial charge is 0.384 e. The molecule has 100 valence electrons. The predicted molar refractivity (Wildman–Crippen MR) is 77.3 cm³/mol. The van der Waals surface area contributed by atoms with Crippen molar-refractivity contribution in [2.24, 2.45) is 5.73 Å². The third-order valence-electron chi connectivity index (χ3n) is 3.23. The minimum atomic E-state index is 0.0956. The van der Waals surface area contributed by atoms with Crippen molar-refractivity contribution < 1.29 is 0 Å². The number of nitrogens with two attached hydrogens (primary N) is 1. The number of amidine groups is 1. The first-order valence-corrected chi connectivity index (χ1v) is 6.67. The van der Waals surface area contributed by atoms with Gasteiger partial charge in [-0.2, -0.15) is 0 Å². The van der Waals surface area contributed by atoms with Crippen LogP contribution in [0.4, 0.5) is 5.82 Å². The fraction of sp³-hybridized carbons (Fsp3) is 0.571. The molecule has 1 atom stereocenters. The molecule has 0 saturated carbocycles. The van der Waals surface area contributed by atoms with Crippen molar-refractivity contribution in [2.45, 2.75) is 46.1 Å². The van der Waals surface area contributed by atoms with Gasteiger partial charge in [0.2, 0.25) is 0 Å². The SMILES string of the molecule is CCCCN(c1cc(C(=N)N)ccn1)C(C)CC. The molecule has 18 heavy (non-hydrogen) atoms. The second-order valence-electron chi connectivity index (χ2n) is 4.62. The smallest absolute Gasteiger partial charge is 0.129 e. The normalized spacial score (nSPS) is 12.2. The monoisotopic (exact) mass is 248 g/mol. The van der Waals surface area contributed by atoms with Crippen molar-refractivity contribution >= 4 is 11.7 Å². The Bertz CT molecular complexity index is 389. The molecule has 4 nitrogen and oxygen atoms in total. The van der Waals surface area contributed by atoms with Gasteiger partial charge in [0.15, 0.2) is 0 Å². The molecular formula is C14H24N4. The van der Waals surface area contributed by atoms with E-state index in [1.165, 1.54) is 6.42 Å². The molecule has 0 radical (unpaired) electrons. The van der Waals surface area contributed by atoms with Crippen LogP contribution in [0.1, 0.15) is 45.6 Å². The van der Waals surface area contributed by atoms with E-state index in [-0.39, 0.29) is 5.84 Å². The summed E-state index contributed by atoms with van der Waals surface area (Å²) in [6, 6.07) is 4.14. The molecule has 0 aliphatic rings. The molecule has 1 aromatic heterocycles. The molecular weight excluding hydrogens is 224 g/mol. The summed E-state index contributed by atoms with van der Waals surface area (Å²) in [4.78, 5) is 6.72. The topological polar surface area (TPSA) is 66.0 Å². The first-order chi connectivity index (χ1) is 8.60. The van der Waals surface area contributed by atoms with Crippen LogP contribution in [0.15, 0.2) is 18.3 Å². The number of unbranched alkanes of at least 4 members (excludes halogenated alkanes) is 1. The summed E-state index contributed by atoms with van der Waals surface area (Å²) in [5, 5.41) is 7.49. The Morgan fingerprint density at radius 2 is 2.22 bits per heavy atom. The lowest BCUT2D eigenvalue weighted by Crippen LogP contribution is -2.34. The molecule has 0 aromatic carbocycles. The average molecular weight is 248 g/mol. The number of pyridine rings is 1. The molecule has 0 fully saturated rings. The van der Waals surface area contributed by atoms with Crippen LogP contribution in [0.2, 0.25) is 0 Å². The maximum Gasteiger partial charge on any atom is 0.129 e. The van der Waals surface area contributed by atoms with Gasteiger partial charge in [-0.25, -0.2) is 4.98 Å². The van der Waals surface area contributed by atoms with Crippen LogP contribution in [0.5, 0.6) is 0 Å². The van der Waals surface area contributed by atoms with Gasteiger partial charge in [0, 0.05) is 24.3 Å². The Kier molecular flexibility index (Phi) is 5.62. The van der Waals surface area contributed by atoms with E-state index >= 15 is 0 Å². The Balaban J connectivity index is 2.96. The maximum atomic E-state index is 7.49. The first-order valence-electron chi connectivity index (χ1n) is 6.67. The van der Waals surface area contributed by atoms with Crippen LogP contribution >= 0.6 is 0 Å². The summed E-state index contributed by atoms with van der Waals surface area (Å²) in [6.07, 6.45) is 5.12. The highest BCUT2D eigenvalue weighted by Crippen LogP contribution is 2.18. The summed E-state index contributed by atoms with van der Waals surface area (Å²) in [6.45, 7) is 7.57. The Hall–Kier alpha value is -1.58.